The van der Waals surface area contributed by atoms with Crippen LogP contribution in [0.2, 0.25) is 0 Å². The van der Waals surface area contributed by atoms with Crippen LogP contribution in [0.5, 0.6) is 0 Å². The van der Waals surface area contributed by atoms with Gasteiger partial charge >= 0.3 is 0 Å². The van der Waals surface area contributed by atoms with Gasteiger partial charge in [0.05, 0.1) is 5.41 Å². The van der Waals surface area contributed by atoms with Crippen molar-refractivity contribution in [3.63, 3.8) is 0 Å². The molecule has 1 N–H and O–H groups in total. The van der Waals surface area contributed by atoms with Gasteiger partial charge < -0.3 is 14.6 Å². The van der Waals surface area contributed by atoms with E-state index >= 15 is 0 Å². The quantitative estimate of drug-likeness (QED) is 0.849. The van der Waals surface area contributed by atoms with Crippen molar-refractivity contribution in [1.82, 2.24) is 15.5 Å². The van der Waals surface area contributed by atoms with E-state index in [1.807, 2.05) is 13.8 Å². The molecule has 1 aliphatic rings. The van der Waals surface area contributed by atoms with E-state index < -0.39 is 0 Å². The molecule has 2 rings (SSSR count). The minimum absolute atomic E-state index is 0.0250. The van der Waals surface area contributed by atoms with E-state index in [9.17, 15) is 0 Å². The summed E-state index contributed by atoms with van der Waals surface area (Å²) in [5.74, 6) is 1.41. The first-order valence-corrected chi connectivity index (χ1v) is 6.38. The summed E-state index contributed by atoms with van der Waals surface area (Å²) in [7, 11) is 0. The second kappa shape index (κ2) is 5.14. The first kappa shape index (κ1) is 12.5. The maximum atomic E-state index is 5.47. The molecule has 0 aromatic carbocycles. The number of nitrogens with one attached hydrogen (secondary N) is 1. The fourth-order valence-electron chi connectivity index (χ4n) is 2.32. The molecule has 17 heavy (non-hydrogen) atoms. The zero-order chi connectivity index (χ0) is 12.3. The number of hydrogen-bond acceptors (Lipinski definition) is 5. The van der Waals surface area contributed by atoms with Crippen LogP contribution in [0.25, 0.3) is 0 Å². The van der Waals surface area contributed by atoms with E-state index in [1.54, 1.807) is 0 Å². The minimum Gasteiger partial charge on any atom is -0.371 e. The van der Waals surface area contributed by atoms with Gasteiger partial charge in [-0.1, -0.05) is 12.1 Å². The van der Waals surface area contributed by atoms with Crippen LogP contribution in [0.15, 0.2) is 4.52 Å². The predicted molar refractivity (Wildman–Crippen MR) is 63.8 cm³/mol. The molecule has 0 aliphatic carbocycles. The number of ether oxygens (including phenoxy) is 1. The third-order valence-electron chi connectivity index (χ3n) is 3.60. The van der Waals surface area contributed by atoms with E-state index in [0.717, 1.165) is 31.8 Å². The zero-order valence-electron chi connectivity index (χ0n) is 10.8. The first-order chi connectivity index (χ1) is 8.22. The van der Waals surface area contributed by atoms with E-state index in [4.69, 9.17) is 9.26 Å². The molecule has 1 saturated heterocycles. The molecular weight excluding hydrogens is 218 g/mol. The van der Waals surface area contributed by atoms with E-state index in [1.165, 1.54) is 0 Å². The SMILES string of the molecule is CCOC(C)c1noc(C2(CC)CCNC2)n1. The Morgan fingerprint density at radius 3 is 2.94 bits per heavy atom. The van der Waals surface area contributed by atoms with Crippen LogP contribution in [0.1, 0.15) is 51.4 Å². The van der Waals surface area contributed by atoms with Gasteiger partial charge in [0.25, 0.3) is 0 Å². The summed E-state index contributed by atoms with van der Waals surface area (Å²) >= 11 is 0. The Bertz CT molecular complexity index is 358. The van der Waals surface area contributed by atoms with Crippen LogP contribution in [0.4, 0.5) is 0 Å². The Morgan fingerprint density at radius 1 is 1.53 bits per heavy atom. The Hall–Kier alpha value is -0.940. The van der Waals surface area contributed by atoms with Crippen molar-refractivity contribution in [3.05, 3.63) is 11.7 Å². The molecule has 2 atom stereocenters. The Labute approximate surface area is 102 Å². The summed E-state index contributed by atoms with van der Waals surface area (Å²) in [5, 5.41) is 7.40. The normalized spacial score (nSPS) is 26.3. The van der Waals surface area contributed by atoms with Gasteiger partial charge in [-0.05, 0) is 33.2 Å². The Kier molecular flexibility index (Phi) is 3.79. The van der Waals surface area contributed by atoms with Gasteiger partial charge in [0, 0.05) is 13.2 Å². The van der Waals surface area contributed by atoms with Gasteiger partial charge in [-0.25, -0.2) is 0 Å². The molecule has 5 nitrogen and oxygen atoms in total. The molecule has 0 spiro atoms. The van der Waals surface area contributed by atoms with Crippen LogP contribution in [-0.4, -0.2) is 29.8 Å². The lowest BCUT2D eigenvalue weighted by atomic mass is 9.84. The van der Waals surface area contributed by atoms with Gasteiger partial charge in [0.2, 0.25) is 5.89 Å². The van der Waals surface area contributed by atoms with Crippen molar-refractivity contribution in [3.8, 4) is 0 Å². The lowest BCUT2D eigenvalue weighted by molar-refractivity contribution is 0.0683. The average Bonchev–Trinajstić information content (AvgIpc) is 2.99. The van der Waals surface area contributed by atoms with Crippen LogP contribution < -0.4 is 5.32 Å². The van der Waals surface area contributed by atoms with Crippen molar-refractivity contribution in [2.24, 2.45) is 0 Å². The van der Waals surface area contributed by atoms with Crippen molar-refractivity contribution in [2.75, 3.05) is 19.7 Å². The molecule has 0 amide bonds. The second-order valence-corrected chi connectivity index (χ2v) is 4.62. The lowest BCUT2D eigenvalue weighted by Gasteiger charge is -2.20. The van der Waals surface area contributed by atoms with E-state index in [0.29, 0.717) is 12.4 Å². The summed E-state index contributed by atoms with van der Waals surface area (Å²) in [6.45, 7) is 8.69. The Balaban J connectivity index is 2.16. The van der Waals surface area contributed by atoms with Crippen LogP contribution in [0.3, 0.4) is 0 Å². The molecule has 0 radical (unpaired) electrons. The van der Waals surface area contributed by atoms with Gasteiger partial charge in [-0.2, -0.15) is 4.98 Å². The fourth-order valence-corrected chi connectivity index (χ4v) is 2.32. The summed E-state index contributed by atoms with van der Waals surface area (Å²) in [5.41, 5.74) is 0.0250. The molecule has 1 aromatic heterocycles. The summed E-state index contributed by atoms with van der Waals surface area (Å²) in [6.07, 6.45) is 1.99. The third-order valence-corrected chi connectivity index (χ3v) is 3.60. The highest BCUT2D eigenvalue weighted by molar-refractivity contribution is 5.10. The van der Waals surface area contributed by atoms with E-state index in [2.05, 4.69) is 22.4 Å². The summed E-state index contributed by atoms with van der Waals surface area (Å²) < 4.78 is 10.9. The minimum atomic E-state index is -0.0965. The summed E-state index contributed by atoms with van der Waals surface area (Å²) in [4.78, 5) is 4.51. The molecule has 1 aliphatic heterocycles. The third kappa shape index (κ3) is 2.35. The van der Waals surface area contributed by atoms with Crippen molar-refractivity contribution >= 4 is 0 Å². The van der Waals surface area contributed by atoms with Crippen LogP contribution >= 0.6 is 0 Å². The standard InChI is InChI=1S/C12H21N3O2/c1-4-12(6-7-13-8-12)11-14-10(15-17-11)9(3)16-5-2/h9,13H,4-8H2,1-3H3. The van der Waals surface area contributed by atoms with Gasteiger partial charge in [-0.3, -0.25) is 0 Å². The molecule has 0 saturated carbocycles. The highest BCUT2D eigenvalue weighted by Gasteiger charge is 2.39. The van der Waals surface area contributed by atoms with Gasteiger partial charge in [0.15, 0.2) is 5.82 Å². The molecule has 96 valence electrons. The van der Waals surface area contributed by atoms with Crippen LogP contribution in [0, 0.1) is 0 Å². The maximum Gasteiger partial charge on any atom is 0.234 e. The smallest absolute Gasteiger partial charge is 0.234 e. The maximum absolute atomic E-state index is 5.47. The highest BCUT2D eigenvalue weighted by Crippen LogP contribution is 2.33. The topological polar surface area (TPSA) is 60.2 Å². The van der Waals surface area contributed by atoms with Gasteiger partial charge in [-0.15, -0.1) is 0 Å². The molecule has 5 heteroatoms. The zero-order valence-corrected chi connectivity index (χ0v) is 10.8. The number of rotatable bonds is 5. The fraction of sp³-hybridized carbons (Fsp3) is 0.833. The number of nitrogens with zero attached hydrogens (tertiary/aromatic N) is 2. The number of aromatic nitrogens is 2. The highest BCUT2D eigenvalue weighted by atomic mass is 16.5. The molecular formula is C12H21N3O2. The molecule has 0 bridgehead atoms. The second-order valence-electron chi connectivity index (χ2n) is 4.62. The van der Waals surface area contributed by atoms with Crippen molar-refractivity contribution < 1.29 is 9.26 Å². The Morgan fingerprint density at radius 2 is 2.35 bits per heavy atom. The molecule has 2 heterocycles. The average molecular weight is 239 g/mol. The number of hydrogen-bond donors (Lipinski definition) is 1. The van der Waals surface area contributed by atoms with E-state index in [-0.39, 0.29) is 11.5 Å². The van der Waals surface area contributed by atoms with Crippen LogP contribution in [-0.2, 0) is 10.2 Å². The van der Waals surface area contributed by atoms with Gasteiger partial charge in [0.1, 0.15) is 6.10 Å². The summed E-state index contributed by atoms with van der Waals surface area (Å²) in [6, 6.07) is 0. The monoisotopic (exact) mass is 239 g/mol. The first-order valence-electron chi connectivity index (χ1n) is 6.38. The molecule has 1 aromatic rings. The van der Waals surface area contributed by atoms with Crippen molar-refractivity contribution in [1.29, 1.82) is 0 Å². The predicted octanol–water partition coefficient (Wildman–Crippen LogP) is 1.81. The molecule has 2 unspecified atom stereocenters. The van der Waals surface area contributed by atoms with Crippen molar-refractivity contribution in [2.45, 2.75) is 45.1 Å². The largest absolute Gasteiger partial charge is 0.371 e. The lowest BCUT2D eigenvalue weighted by Crippen LogP contribution is -2.28. The molecule has 1 fully saturated rings.